The monoisotopic (exact) mass is 278 g/mol. The highest BCUT2D eigenvalue weighted by molar-refractivity contribution is 5.73. The summed E-state index contributed by atoms with van der Waals surface area (Å²) in [5.41, 5.74) is 2.65. The Balaban J connectivity index is 2.76. The minimum Gasteiger partial charge on any atom is -0.481 e. The van der Waals surface area contributed by atoms with E-state index < -0.39 is 11.9 Å². The smallest absolute Gasteiger partial charge is 0.306 e. The van der Waals surface area contributed by atoms with Gasteiger partial charge in [0.25, 0.3) is 0 Å². The summed E-state index contributed by atoms with van der Waals surface area (Å²) >= 11 is 0. The van der Waals surface area contributed by atoms with Crippen LogP contribution in [0.25, 0.3) is 0 Å². The maximum absolute atomic E-state index is 11.3. The molecule has 1 atom stereocenters. The Hall–Kier alpha value is -1.88. The number of carboxylic acid groups (broad SMARTS) is 1. The number of hydrogen-bond donors (Lipinski definition) is 3. The molecular weight excluding hydrogens is 256 g/mol. The van der Waals surface area contributed by atoms with Gasteiger partial charge in [0.1, 0.15) is 0 Å². The Kier molecular flexibility index (Phi) is 6.73. The van der Waals surface area contributed by atoms with Gasteiger partial charge in [0.2, 0.25) is 6.41 Å². The van der Waals surface area contributed by atoms with Gasteiger partial charge in [0.15, 0.2) is 0 Å². The minimum atomic E-state index is -0.771. The van der Waals surface area contributed by atoms with Crippen molar-refractivity contribution < 1.29 is 14.7 Å². The van der Waals surface area contributed by atoms with E-state index in [0.29, 0.717) is 24.9 Å². The number of carbonyl (C=O) groups excluding carboxylic acids is 1. The second-order valence-corrected chi connectivity index (χ2v) is 4.95. The summed E-state index contributed by atoms with van der Waals surface area (Å²) < 4.78 is 0. The predicted octanol–water partition coefficient (Wildman–Crippen LogP) is 1.81. The van der Waals surface area contributed by atoms with Crippen LogP contribution in [-0.4, -0.2) is 31.1 Å². The first-order chi connectivity index (χ1) is 9.56. The largest absolute Gasteiger partial charge is 0.481 e. The highest BCUT2D eigenvalue weighted by Crippen LogP contribution is 2.19. The molecule has 110 valence electrons. The van der Waals surface area contributed by atoms with Gasteiger partial charge >= 0.3 is 5.97 Å². The SMILES string of the molecule is CNCCCC(Cc1cc(C)cc(NC=O)c1)C(=O)O. The lowest BCUT2D eigenvalue weighted by Gasteiger charge is -2.13. The standard InChI is InChI=1S/C15H22N2O3/c1-11-6-12(9-14(7-11)17-10-18)8-13(15(19)20)4-3-5-16-2/h6-7,9-10,13,16H,3-5,8H2,1-2H3,(H,17,18)(H,19,20). The van der Waals surface area contributed by atoms with Crippen molar-refractivity contribution in [1.29, 1.82) is 0 Å². The Labute approximate surface area is 119 Å². The number of nitrogens with one attached hydrogen (secondary N) is 2. The average Bonchev–Trinajstić information content (AvgIpc) is 2.37. The molecule has 0 saturated carbocycles. The first-order valence-corrected chi connectivity index (χ1v) is 6.75. The molecule has 1 aromatic rings. The van der Waals surface area contributed by atoms with Gasteiger partial charge in [-0.3, -0.25) is 9.59 Å². The van der Waals surface area contributed by atoms with E-state index in [1.54, 1.807) is 0 Å². The molecule has 0 heterocycles. The highest BCUT2D eigenvalue weighted by atomic mass is 16.4. The van der Waals surface area contributed by atoms with Gasteiger partial charge in [-0.1, -0.05) is 6.07 Å². The molecule has 0 bridgehead atoms. The van der Waals surface area contributed by atoms with Crippen molar-refractivity contribution in [2.24, 2.45) is 5.92 Å². The molecule has 0 aliphatic rings. The Bertz CT molecular complexity index is 460. The summed E-state index contributed by atoms with van der Waals surface area (Å²) in [6.45, 7) is 2.74. The molecule has 0 saturated heterocycles. The maximum Gasteiger partial charge on any atom is 0.306 e. The van der Waals surface area contributed by atoms with Gasteiger partial charge in [-0.15, -0.1) is 0 Å². The highest BCUT2D eigenvalue weighted by Gasteiger charge is 2.17. The van der Waals surface area contributed by atoms with Crippen LogP contribution in [0.15, 0.2) is 18.2 Å². The van der Waals surface area contributed by atoms with Crippen LogP contribution in [0.1, 0.15) is 24.0 Å². The second-order valence-electron chi connectivity index (χ2n) is 4.95. The van der Waals surface area contributed by atoms with Crippen LogP contribution in [0.2, 0.25) is 0 Å². The van der Waals surface area contributed by atoms with Crippen molar-refractivity contribution in [2.75, 3.05) is 18.9 Å². The quantitative estimate of drug-likeness (QED) is 0.475. The van der Waals surface area contributed by atoms with E-state index >= 15 is 0 Å². The van der Waals surface area contributed by atoms with Crippen molar-refractivity contribution in [3.63, 3.8) is 0 Å². The molecule has 0 radical (unpaired) electrons. The van der Waals surface area contributed by atoms with Crippen molar-refractivity contribution >= 4 is 18.1 Å². The fourth-order valence-electron chi connectivity index (χ4n) is 2.25. The number of rotatable bonds is 9. The number of aliphatic carboxylic acids is 1. The van der Waals surface area contributed by atoms with Crippen LogP contribution in [-0.2, 0) is 16.0 Å². The van der Waals surface area contributed by atoms with Gasteiger partial charge in [-0.05, 0) is 63.0 Å². The molecular formula is C15H22N2O3. The van der Waals surface area contributed by atoms with Crippen molar-refractivity contribution in [2.45, 2.75) is 26.2 Å². The summed E-state index contributed by atoms with van der Waals surface area (Å²) in [5.74, 6) is -1.17. The maximum atomic E-state index is 11.3. The minimum absolute atomic E-state index is 0.394. The van der Waals surface area contributed by atoms with Crippen LogP contribution >= 0.6 is 0 Å². The van der Waals surface area contributed by atoms with E-state index in [4.69, 9.17) is 0 Å². The van der Waals surface area contributed by atoms with Crippen LogP contribution in [0.4, 0.5) is 5.69 Å². The topological polar surface area (TPSA) is 78.4 Å². The summed E-state index contributed by atoms with van der Waals surface area (Å²) in [7, 11) is 1.85. The number of carboxylic acids is 1. The molecule has 1 rings (SSSR count). The van der Waals surface area contributed by atoms with Crippen LogP contribution < -0.4 is 10.6 Å². The van der Waals surface area contributed by atoms with E-state index in [9.17, 15) is 14.7 Å². The van der Waals surface area contributed by atoms with Gasteiger partial charge < -0.3 is 15.7 Å². The lowest BCUT2D eigenvalue weighted by molar-refractivity contribution is -0.142. The molecule has 3 N–H and O–H groups in total. The van der Waals surface area contributed by atoms with E-state index in [1.165, 1.54) is 0 Å². The fraction of sp³-hybridized carbons (Fsp3) is 0.467. The fourth-order valence-corrected chi connectivity index (χ4v) is 2.25. The van der Waals surface area contributed by atoms with Gasteiger partial charge in [0, 0.05) is 5.69 Å². The summed E-state index contributed by atoms with van der Waals surface area (Å²) in [6, 6.07) is 5.65. The number of aryl methyl sites for hydroxylation is 1. The zero-order valence-electron chi connectivity index (χ0n) is 12.0. The van der Waals surface area contributed by atoms with Crippen molar-refractivity contribution in [3.8, 4) is 0 Å². The lowest BCUT2D eigenvalue weighted by atomic mass is 9.93. The summed E-state index contributed by atoms with van der Waals surface area (Å²) in [6.07, 6.45) is 2.58. The number of hydrogen-bond acceptors (Lipinski definition) is 3. The molecule has 0 aromatic heterocycles. The molecule has 5 nitrogen and oxygen atoms in total. The zero-order valence-corrected chi connectivity index (χ0v) is 12.0. The zero-order chi connectivity index (χ0) is 15.0. The Morgan fingerprint density at radius 3 is 2.75 bits per heavy atom. The number of benzene rings is 1. The van der Waals surface area contributed by atoms with Gasteiger partial charge in [0.05, 0.1) is 5.92 Å². The lowest BCUT2D eigenvalue weighted by Crippen LogP contribution is -2.19. The third-order valence-electron chi connectivity index (χ3n) is 3.17. The van der Waals surface area contributed by atoms with Crippen molar-refractivity contribution in [1.82, 2.24) is 5.32 Å². The average molecular weight is 278 g/mol. The molecule has 1 aromatic carbocycles. The van der Waals surface area contributed by atoms with Gasteiger partial charge in [-0.25, -0.2) is 0 Å². The summed E-state index contributed by atoms with van der Waals surface area (Å²) in [5, 5.41) is 14.9. The molecule has 0 aliphatic heterocycles. The third-order valence-corrected chi connectivity index (χ3v) is 3.17. The van der Waals surface area contributed by atoms with Gasteiger partial charge in [-0.2, -0.15) is 0 Å². The number of amides is 1. The van der Waals surface area contributed by atoms with Crippen LogP contribution in [0.3, 0.4) is 0 Å². The first kappa shape index (κ1) is 16.2. The molecule has 1 unspecified atom stereocenters. The van der Waals surface area contributed by atoms with Crippen molar-refractivity contribution in [3.05, 3.63) is 29.3 Å². The number of anilines is 1. The van der Waals surface area contributed by atoms with Crippen LogP contribution in [0, 0.1) is 12.8 Å². The van der Waals surface area contributed by atoms with E-state index in [-0.39, 0.29) is 0 Å². The van der Waals surface area contributed by atoms with E-state index in [2.05, 4.69) is 10.6 Å². The van der Waals surface area contributed by atoms with E-state index in [0.717, 1.165) is 24.1 Å². The third kappa shape index (κ3) is 5.40. The number of carbonyl (C=O) groups is 2. The Morgan fingerprint density at radius 1 is 1.40 bits per heavy atom. The van der Waals surface area contributed by atoms with Crippen LogP contribution in [0.5, 0.6) is 0 Å². The second kappa shape index (κ2) is 8.32. The summed E-state index contributed by atoms with van der Waals surface area (Å²) in [4.78, 5) is 21.8. The normalized spacial score (nSPS) is 11.9. The Morgan fingerprint density at radius 2 is 2.15 bits per heavy atom. The first-order valence-electron chi connectivity index (χ1n) is 6.75. The molecule has 0 fully saturated rings. The predicted molar refractivity (Wildman–Crippen MR) is 78.9 cm³/mol. The molecule has 0 spiro atoms. The molecule has 20 heavy (non-hydrogen) atoms. The molecule has 0 aliphatic carbocycles. The molecule has 1 amide bonds. The van der Waals surface area contributed by atoms with E-state index in [1.807, 2.05) is 32.2 Å². The molecule has 5 heteroatoms.